The van der Waals surface area contributed by atoms with Gasteiger partial charge in [0, 0.05) is 23.2 Å². The third kappa shape index (κ3) is 3.14. The van der Waals surface area contributed by atoms with Gasteiger partial charge in [-0.15, -0.1) is 0 Å². The topological polar surface area (TPSA) is 63.9 Å². The second kappa shape index (κ2) is 5.10. The fraction of sp³-hybridized carbons (Fsp3) is 0.250. The lowest BCUT2D eigenvalue weighted by atomic mass is 10.2. The van der Waals surface area contributed by atoms with Gasteiger partial charge in [-0.2, -0.15) is 5.10 Å². The van der Waals surface area contributed by atoms with E-state index in [9.17, 15) is 0 Å². The molecule has 0 saturated carbocycles. The van der Waals surface area contributed by atoms with Crippen molar-refractivity contribution in [2.45, 2.75) is 13.3 Å². The van der Waals surface area contributed by atoms with Gasteiger partial charge in [-0.25, -0.2) is 0 Å². The maximum absolute atomic E-state index is 5.87. The molecule has 0 amide bonds. The van der Waals surface area contributed by atoms with Crippen molar-refractivity contribution < 1.29 is 4.74 Å². The number of nitrogens with one attached hydrogen (secondary N) is 1. The molecule has 2 aromatic rings. The zero-order valence-corrected chi connectivity index (χ0v) is 10.3. The highest BCUT2D eigenvalue weighted by atomic mass is 35.5. The first-order valence-electron chi connectivity index (χ1n) is 5.34. The van der Waals surface area contributed by atoms with Crippen LogP contribution in [-0.2, 0) is 6.42 Å². The monoisotopic (exact) mass is 251 g/mol. The molecule has 90 valence electrons. The van der Waals surface area contributed by atoms with Gasteiger partial charge in [0.05, 0.1) is 6.61 Å². The van der Waals surface area contributed by atoms with Crippen LogP contribution in [0.3, 0.4) is 0 Å². The summed E-state index contributed by atoms with van der Waals surface area (Å²) in [5, 5.41) is 7.41. The van der Waals surface area contributed by atoms with Crippen LogP contribution in [0.4, 0.5) is 5.82 Å². The van der Waals surface area contributed by atoms with Gasteiger partial charge in [0.1, 0.15) is 11.6 Å². The zero-order valence-electron chi connectivity index (χ0n) is 9.53. The molecule has 0 aliphatic carbocycles. The maximum Gasteiger partial charge on any atom is 0.145 e. The number of hydrogen-bond acceptors (Lipinski definition) is 3. The number of ether oxygens (including phenoxy) is 1. The summed E-state index contributed by atoms with van der Waals surface area (Å²) in [5.41, 5.74) is 7.50. The van der Waals surface area contributed by atoms with E-state index in [0.29, 0.717) is 12.4 Å². The quantitative estimate of drug-likeness (QED) is 0.878. The number of aryl methyl sites for hydroxylation is 1. The molecule has 3 N–H and O–H groups in total. The molecule has 2 rings (SSSR count). The van der Waals surface area contributed by atoms with Crippen molar-refractivity contribution in [2.75, 3.05) is 12.3 Å². The van der Waals surface area contributed by atoms with E-state index in [-0.39, 0.29) is 0 Å². The van der Waals surface area contributed by atoms with E-state index in [1.54, 1.807) is 6.07 Å². The summed E-state index contributed by atoms with van der Waals surface area (Å²) in [7, 11) is 0. The molecule has 0 unspecified atom stereocenters. The number of anilines is 1. The van der Waals surface area contributed by atoms with E-state index in [1.165, 1.54) is 0 Å². The van der Waals surface area contributed by atoms with Crippen LogP contribution >= 0.6 is 11.6 Å². The lowest BCUT2D eigenvalue weighted by molar-refractivity contribution is 0.318. The molecule has 0 saturated heterocycles. The highest BCUT2D eigenvalue weighted by Crippen LogP contribution is 2.21. The Bertz CT molecular complexity index is 510. The van der Waals surface area contributed by atoms with Gasteiger partial charge in [0.25, 0.3) is 0 Å². The van der Waals surface area contributed by atoms with E-state index in [4.69, 9.17) is 22.1 Å². The molecule has 0 fully saturated rings. The summed E-state index contributed by atoms with van der Waals surface area (Å²) >= 11 is 5.87. The van der Waals surface area contributed by atoms with E-state index < -0.39 is 0 Å². The predicted molar refractivity (Wildman–Crippen MR) is 68.4 cm³/mol. The molecule has 4 nitrogen and oxygen atoms in total. The number of nitrogens with zero attached hydrogens (tertiary/aromatic N) is 1. The Morgan fingerprint density at radius 3 is 2.88 bits per heavy atom. The van der Waals surface area contributed by atoms with Crippen molar-refractivity contribution in [3.63, 3.8) is 0 Å². The zero-order chi connectivity index (χ0) is 12.3. The van der Waals surface area contributed by atoms with Crippen LogP contribution in [0.5, 0.6) is 5.75 Å². The fourth-order valence-electron chi connectivity index (χ4n) is 1.55. The average Bonchev–Trinajstić information content (AvgIpc) is 2.68. The molecule has 17 heavy (non-hydrogen) atoms. The Morgan fingerprint density at radius 2 is 2.24 bits per heavy atom. The van der Waals surface area contributed by atoms with E-state index in [1.807, 2.05) is 25.1 Å². The molecule has 0 radical (unpaired) electrons. The van der Waals surface area contributed by atoms with E-state index in [0.717, 1.165) is 28.5 Å². The molecule has 1 aromatic carbocycles. The SMILES string of the molecule is Cc1cc(Cl)ccc1OCCc1cc(N)n[nH]1. The van der Waals surface area contributed by atoms with Crippen LogP contribution in [0.2, 0.25) is 5.02 Å². The summed E-state index contributed by atoms with van der Waals surface area (Å²) in [6.45, 7) is 2.54. The molecular formula is C12H14ClN3O. The van der Waals surface area contributed by atoms with Gasteiger partial charge in [-0.1, -0.05) is 11.6 Å². The lowest BCUT2D eigenvalue weighted by Gasteiger charge is -2.08. The first-order valence-corrected chi connectivity index (χ1v) is 5.71. The lowest BCUT2D eigenvalue weighted by Crippen LogP contribution is -2.02. The van der Waals surface area contributed by atoms with Gasteiger partial charge < -0.3 is 10.5 Å². The van der Waals surface area contributed by atoms with Crippen molar-refractivity contribution in [1.82, 2.24) is 10.2 Å². The second-order valence-electron chi connectivity index (χ2n) is 3.83. The van der Waals surface area contributed by atoms with Gasteiger partial charge in [-0.05, 0) is 30.7 Å². The van der Waals surface area contributed by atoms with Crippen molar-refractivity contribution in [3.05, 3.63) is 40.5 Å². The Balaban J connectivity index is 1.90. The Labute approximate surface area is 105 Å². The van der Waals surface area contributed by atoms with Crippen LogP contribution in [0.1, 0.15) is 11.3 Å². The van der Waals surface area contributed by atoms with Gasteiger partial charge in [0.15, 0.2) is 0 Å². The Hall–Kier alpha value is -1.68. The number of H-pyrrole nitrogens is 1. The second-order valence-corrected chi connectivity index (χ2v) is 4.26. The van der Waals surface area contributed by atoms with Crippen LogP contribution in [0, 0.1) is 6.92 Å². The van der Waals surface area contributed by atoms with Crippen LogP contribution in [0.25, 0.3) is 0 Å². The third-order valence-corrected chi connectivity index (χ3v) is 2.65. The molecule has 0 aliphatic heterocycles. The van der Waals surface area contributed by atoms with E-state index >= 15 is 0 Å². The summed E-state index contributed by atoms with van der Waals surface area (Å²) in [6, 6.07) is 7.38. The van der Waals surface area contributed by atoms with Gasteiger partial charge in [0.2, 0.25) is 0 Å². The number of nitrogen functional groups attached to an aromatic ring is 1. The van der Waals surface area contributed by atoms with Crippen LogP contribution in [0.15, 0.2) is 24.3 Å². The highest BCUT2D eigenvalue weighted by Gasteiger charge is 2.02. The minimum absolute atomic E-state index is 0.502. The number of aromatic nitrogens is 2. The standard InChI is InChI=1S/C12H14ClN3O/c1-8-6-9(13)2-3-11(8)17-5-4-10-7-12(14)16-15-10/h2-3,6-7H,4-5H2,1H3,(H3,14,15,16). The largest absolute Gasteiger partial charge is 0.493 e. The molecule has 0 spiro atoms. The van der Waals surface area contributed by atoms with Crippen LogP contribution < -0.4 is 10.5 Å². The molecular weight excluding hydrogens is 238 g/mol. The number of rotatable bonds is 4. The van der Waals surface area contributed by atoms with Crippen molar-refractivity contribution >= 4 is 17.4 Å². The van der Waals surface area contributed by atoms with Gasteiger partial charge >= 0.3 is 0 Å². The first kappa shape index (κ1) is 11.8. The number of benzene rings is 1. The Kier molecular flexibility index (Phi) is 3.54. The molecule has 0 bridgehead atoms. The first-order chi connectivity index (χ1) is 8.15. The summed E-state index contributed by atoms with van der Waals surface area (Å²) in [5.74, 6) is 1.35. The number of hydrogen-bond donors (Lipinski definition) is 2. The predicted octanol–water partition coefficient (Wildman–Crippen LogP) is 2.58. The molecule has 5 heteroatoms. The summed E-state index contributed by atoms with van der Waals surface area (Å²) in [6.07, 6.45) is 0.742. The van der Waals surface area contributed by atoms with Crippen molar-refractivity contribution in [3.8, 4) is 5.75 Å². The average molecular weight is 252 g/mol. The van der Waals surface area contributed by atoms with Gasteiger partial charge in [-0.3, -0.25) is 5.10 Å². The molecule has 1 heterocycles. The van der Waals surface area contributed by atoms with Crippen molar-refractivity contribution in [2.24, 2.45) is 0 Å². The summed E-state index contributed by atoms with van der Waals surface area (Å²) < 4.78 is 5.66. The minimum Gasteiger partial charge on any atom is -0.493 e. The number of aromatic amines is 1. The highest BCUT2D eigenvalue weighted by molar-refractivity contribution is 6.30. The summed E-state index contributed by atoms with van der Waals surface area (Å²) in [4.78, 5) is 0. The smallest absolute Gasteiger partial charge is 0.145 e. The molecule has 1 aromatic heterocycles. The normalized spacial score (nSPS) is 10.5. The van der Waals surface area contributed by atoms with Crippen molar-refractivity contribution in [1.29, 1.82) is 0 Å². The molecule has 0 aliphatic rings. The molecule has 0 atom stereocenters. The third-order valence-electron chi connectivity index (χ3n) is 2.42. The minimum atomic E-state index is 0.502. The number of halogens is 1. The number of nitrogens with two attached hydrogens (primary N) is 1. The fourth-order valence-corrected chi connectivity index (χ4v) is 1.78. The maximum atomic E-state index is 5.87. The van der Waals surface area contributed by atoms with E-state index in [2.05, 4.69) is 10.2 Å². The van der Waals surface area contributed by atoms with Crippen LogP contribution in [-0.4, -0.2) is 16.8 Å². The Morgan fingerprint density at radius 1 is 1.41 bits per heavy atom.